The first-order valence-electron chi connectivity index (χ1n) is 8.35. The lowest BCUT2D eigenvalue weighted by Gasteiger charge is -2.24. The molecule has 0 bridgehead atoms. The zero-order valence-corrected chi connectivity index (χ0v) is 14.7. The largest absolute Gasteiger partial charge is 0.368 e. The topological polar surface area (TPSA) is 75.4 Å². The van der Waals surface area contributed by atoms with Crippen LogP contribution in [0.5, 0.6) is 0 Å². The van der Waals surface area contributed by atoms with Gasteiger partial charge in [-0.25, -0.2) is 4.79 Å². The first-order valence-corrected chi connectivity index (χ1v) is 8.35. The van der Waals surface area contributed by atoms with Crippen molar-refractivity contribution in [3.8, 4) is 0 Å². The molecule has 0 fully saturated rings. The number of fused-ring (bicyclic) bond motifs is 1. The fraction of sp³-hybridized carbons (Fsp3) is 0.300. The van der Waals surface area contributed by atoms with Crippen molar-refractivity contribution in [2.45, 2.75) is 38.6 Å². The number of anilines is 2. The first kappa shape index (κ1) is 17.0. The maximum atomic E-state index is 12.8. The van der Waals surface area contributed by atoms with E-state index in [2.05, 4.69) is 26.1 Å². The molecule has 1 aliphatic heterocycles. The molecule has 0 spiro atoms. The van der Waals surface area contributed by atoms with Gasteiger partial charge in [0.05, 0.1) is 0 Å². The van der Waals surface area contributed by atoms with Crippen LogP contribution in [0, 0.1) is 0 Å². The molecule has 5 nitrogen and oxygen atoms in total. The minimum Gasteiger partial charge on any atom is -0.368 e. The van der Waals surface area contributed by atoms with Crippen LogP contribution in [0.25, 0.3) is 0 Å². The van der Waals surface area contributed by atoms with Crippen LogP contribution in [0.2, 0.25) is 0 Å². The minimum absolute atomic E-state index is 0.0491. The van der Waals surface area contributed by atoms with Gasteiger partial charge in [0.15, 0.2) is 0 Å². The Balaban J connectivity index is 1.83. The standard InChI is InChI=1S/C20H23N3O2/c1-20(2,3)14-8-10-15(11-9-14)22-19(25)23-16-7-5-4-6-13(16)12-17(23)18(21)24/h4-11,17H,12H2,1-3H3,(H2,21,24)(H,22,25)/t17-/m0/s1. The van der Waals surface area contributed by atoms with Crippen molar-refractivity contribution >= 4 is 23.3 Å². The van der Waals surface area contributed by atoms with Gasteiger partial charge < -0.3 is 11.1 Å². The molecule has 2 aromatic carbocycles. The van der Waals surface area contributed by atoms with Crippen molar-refractivity contribution in [3.63, 3.8) is 0 Å². The van der Waals surface area contributed by atoms with Crippen LogP contribution in [-0.4, -0.2) is 18.0 Å². The number of nitrogens with one attached hydrogen (secondary N) is 1. The smallest absolute Gasteiger partial charge is 0.327 e. The number of carbonyl (C=O) groups is 2. The number of para-hydroxylation sites is 1. The monoisotopic (exact) mass is 337 g/mol. The van der Waals surface area contributed by atoms with Gasteiger partial charge in [0.2, 0.25) is 5.91 Å². The van der Waals surface area contributed by atoms with Crippen LogP contribution in [0.3, 0.4) is 0 Å². The molecule has 0 saturated heterocycles. The van der Waals surface area contributed by atoms with E-state index in [9.17, 15) is 9.59 Å². The molecule has 2 aromatic rings. The van der Waals surface area contributed by atoms with Gasteiger partial charge in [-0.05, 0) is 34.7 Å². The van der Waals surface area contributed by atoms with E-state index in [1.54, 1.807) is 0 Å². The Morgan fingerprint density at radius 2 is 1.72 bits per heavy atom. The number of nitrogens with zero attached hydrogens (tertiary/aromatic N) is 1. The fourth-order valence-electron chi connectivity index (χ4n) is 3.10. The number of benzene rings is 2. The van der Waals surface area contributed by atoms with Gasteiger partial charge in [-0.1, -0.05) is 51.1 Å². The third kappa shape index (κ3) is 3.36. The van der Waals surface area contributed by atoms with Gasteiger partial charge in [-0.3, -0.25) is 9.69 Å². The van der Waals surface area contributed by atoms with Crippen molar-refractivity contribution < 1.29 is 9.59 Å². The molecule has 5 heteroatoms. The summed E-state index contributed by atoms with van der Waals surface area (Å²) in [5.74, 6) is -0.505. The lowest BCUT2D eigenvalue weighted by atomic mass is 9.87. The average molecular weight is 337 g/mol. The summed E-state index contributed by atoms with van der Waals surface area (Å²) in [5.41, 5.74) is 9.11. The summed E-state index contributed by atoms with van der Waals surface area (Å²) >= 11 is 0. The van der Waals surface area contributed by atoms with Gasteiger partial charge in [0.25, 0.3) is 0 Å². The maximum absolute atomic E-state index is 12.8. The molecule has 0 aromatic heterocycles. The molecule has 130 valence electrons. The van der Waals surface area contributed by atoms with E-state index < -0.39 is 11.9 Å². The Hall–Kier alpha value is -2.82. The zero-order chi connectivity index (χ0) is 18.2. The van der Waals surface area contributed by atoms with Gasteiger partial charge in [-0.2, -0.15) is 0 Å². The zero-order valence-electron chi connectivity index (χ0n) is 14.7. The summed E-state index contributed by atoms with van der Waals surface area (Å²) in [7, 11) is 0. The highest BCUT2D eigenvalue weighted by atomic mass is 16.2. The number of carbonyl (C=O) groups excluding carboxylic acids is 2. The predicted octanol–water partition coefficient (Wildman–Crippen LogP) is 3.43. The lowest BCUT2D eigenvalue weighted by molar-refractivity contribution is -0.119. The number of amides is 3. The van der Waals surface area contributed by atoms with Crippen molar-refractivity contribution in [3.05, 3.63) is 59.7 Å². The summed E-state index contributed by atoms with van der Waals surface area (Å²) in [6.45, 7) is 6.41. The fourth-order valence-corrected chi connectivity index (χ4v) is 3.10. The Morgan fingerprint density at radius 1 is 1.08 bits per heavy atom. The predicted molar refractivity (Wildman–Crippen MR) is 99.8 cm³/mol. The summed E-state index contributed by atoms with van der Waals surface area (Å²) in [6.07, 6.45) is 0.446. The molecule has 0 aliphatic carbocycles. The second kappa shape index (κ2) is 6.24. The van der Waals surface area contributed by atoms with Gasteiger partial charge in [0.1, 0.15) is 6.04 Å². The summed E-state index contributed by atoms with van der Waals surface area (Å²) in [4.78, 5) is 26.0. The third-order valence-corrected chi connectivity index (χ3v) is 4.53. The maximum Gasteiger partial charge on any atom is 0.327 e. The van der Waals surface area contributed by atoms with E-state index in [0.717, 1.165) is 11.3 Å². The van der Waals surface area contributed by atoms with Crippen LogP contribution >= 0.6 is 0 Å². The van der Waals surface area contributed by atoms with Gasteiger partial charge in [-0.15, -0.1) is 0 Å². The molecule has 25 heavy (non-hydrogen) atoms. The SMILES string of the molecule is CC(C)(C)c1ccc(NC(=O)N2c3ccccc3C[C@H]2C(N)=O)cc1. The van der Waals surface area contributed by atoms with E-state index in [-0.39, 0.29) is 11.4 Å². The van der Waals surface area contributed by atoms with Gasteiger partial charge in [0, 0.05) is 17.8 Å². The molecule has 1 aliphatic rings. The van der Waals surface area contributed by atoms with Crippen LogP contribution in [-0.2, 0) is 16.6 Å². The third-order valence-electron chi connectivity index (χ3n) is 4.53. The number of urea groups is 1. The number of nitrogens with two attached hydrogens (primary N) is 1. The second-order valence-corrected chi connectivity index (χ2v) is 7.38. The Labute approximate surface area is 147 Å². The van der Waals surface area contributed by atoms with Crippen LogP contribution in [0.1, 0.15) is 31.9 Å². The van der Waals surface area contributed by atoms with Crippen LogP contribution in [0.4, 0.5) is 16.2 Å². The van der Waals surface area contributed by atoms with E-state index in [1.807, 2.05) is 48.5 Å². The van der Waals surface area contributed by atoms with E-state index in [1.165, 1.54) is 10.5 Å². The lowest BCUT2D eigenvalue weighted by Crippen LogP contribution is -2.47. The number of primary amides is 1. The highest BCUT2D eigenvalue weighted by molar-refractivity contribution is 6.08. The van der Waals surface area contributed by atoms with E-state index >= 15 is 0 Å². The highest BCUT2D eigenvalue weighted by Crippen LogP contribution is 2.32. The molecule has 3 rings (SSSR count). The number of hydrogen-bond donors (Lipinski definition) is 2. The van der Waals surface area contributed by atoms with Crippen molar-refractivity contribution in [2.75, 3.05) is 10.2 Å². The van der Waals surface area contributed by atoms with Crippen LogP contribution < -0.4 is 16.0 Å². The molecule has 0 saturated carbocycles. The Morgan fingerprint density at radius 3 is 2.32 bits per heavy atom. The normalized spacial score (nSPS) is 16.4. The minimum atomic E-state index is -0.661. The van der Waals surface area contributed by atoms with Crippen molar-refractivity contribution in [1.82, 2.24) is 0 Å². The summed E-state index contributed by atoms with van der Waals surface area (Å²) in [5, 5.41) is 2.87. The first-order chi connectivity index (χ1) is 11.8. The van der Waals surface area contributed by atoms with Crippen molar-refractivity contribution in [2.24, 2.45) is 5.73 Å². The molecule has 1 heterocycles. The Bertz CT molecular complexity index is 806. The molecule has 1 atom stereocenters. The van der Waals surface area contributed by atoms with Crippen molar-refractivity contribution in [1.29, 1.82) is 0 Å². The molecule has 3 N–H and O–H groups in total. The Kier molecular flexibility index (Phi) is 4.25. The average Bonchev–Trinajstić information content (AvgIpc) is 2.94. The molecule has 0 radical (unpaired) electrons. The molecule has 3 amide bonds. The molecular formula is C20H23N3O2. The number of hydrogen-bond acceptors (Lipinski definition) is 2. The molecular weight excluding hydrogens is 314 g/mol. The quantitative estimate of drug-likeness (QED) is 0.881. The van der Waals surface area contributed by atoms with Crippen LogP contribution in [0.15, 0.2) is 48.5 Å². The summed E-state index contributed by atoms with van der Waals surface area (Å²) < 4.78 is 0. The number of rotatable bonds is 2. The van der Waals surface area contributed by atoms with E-state index in [4.69, 9.17) is 5.73 Å². The molecule has 0 unspecified atom stereocenters. The van der Waals surface area contributed by atoms with Gasteiger partial charge >= 0.3 is 6.03 Å². The second-order valence-electron chi connectivity index (χ2n) is 7.38. The highest BCUT2D eigenvalue weighted by Gasteiger charge is 2.37. The summed E-state index contributed by atoms with van der Waals surface area (Å²) in [6, 6.07) is 14.2. The van der Waals surface area contributed by atoms with E-state index in [0.29, 0.717) is 12.1 Å².